The Morgan fingerprint density at radius 1 is 1.47 bits per heavy atom. The van der Waals surface area contributed by atoms with Crippen LogP contribution in [0.25, 0.3) is 6.08 Å². The van der Waals surface area contributed by atoms with Crippen molar-refractivity contribution in [2.45, 2.75) is 13.3 Å². The number of rotatable bonds is 4. The summed E-state index contributed by atoms with van der Waals surface area (Å²) in [5, 5.41) is 3.83. The molecule has 0 amide bonds. The summed E-state index contributed by atoms with van der Waals surface area (Å²) < 4.78 is 0. The molecule has 0 bridgehead atoms. The summed E-state index contributed by atoms with van der Waals surface area (Å²) in [5.74, 6) is 0. The van der Waals surface area contributed by atoms with Gasteiger partial charge < -0.3 is 11.1 Å². The van der Waals surface area contributed by atoms with Gasteiger partial charge in [-0.1, -0.05) is 29.8 Å². The molecule has 0 saturated heterocycles. The maximum absolute atomic E-state index is 6.16. The van der Waals surface area contributed by atoms with Crippen molar-refractivity contribution in [3.63, 3.8) is 0 Å². The molecule has 1 rings (SSSR count). The zero-order valence-electron chi connectivity index (χ0n) is 9.18. The van der Waals surface area contributed by atoms with E-state index in [1.54, 1.807) is 0 Å². The van der Waals surface area contributed by atoms with Gasteiger partial charge in [0.2, 0.25) is 0 Å². The number of nitrogens with one attached hydrogen (secondary N) is 1. The molecule has 0 aliphatic rings. The van der Waals surface area contributed by atoms with E-state index in [0.717, 1.165) is 34.8 Å². The highest BCUT2D eigenvalue weighted by Gasteiger charge is 2.02. The summed E-state index contributed by atoms with van der Waals surface area (Å²) in [7, 11) is 1.94. The monoisotopic (exact) mass is 224 g/mol. The highest BCUT2D eigenvalue weighted by molar-refractivity contribution is 6.33. The Morgan fingerprint density at radius 3 is 2.87 bits per heavy atom. The molecule has 0 aliphatic carbocycles. The van der Waals surface area contributed by atoms with Crippen molar-refractivity contribution in [1.82, 2.24) is 5.32 Å². The van der Waals surface area contributed by atoms with Crippen molar-refractivity contribution in [2.24, 2.45) is 0 Å². The predicted octanol–water partition coefficient (Wildman–Crippen LogP) is 2.85. The molecule has 2 nitrogen and oxygen atoms in total. The second kappa shape index (κ2) is 5.79. The minimum absolute atomic E-state index is 0.743. The molecule has 82 valence electrons. The van der Waals surface area contributed by atoms with Crippen LogP contribution in [0.15, 0.2) is 18.2 Å². The van der Waals surface area contributed by atoms with Crippen molar-refractivity contribution >= 4 is 23.4 Å². The second-order valence-corrected chi connectivity index (χ2v) is 3.86. The molecule has 0 aromatic heterocycles. The molecule has 15 heavy (non-hydrogen) atoms. The fourth-order valence-electron chi connectivity index (χ4n) is 1.29. The van der Waals surface area contributed by atoms with E-state index in [-0.39, 0.29) is 0 Å². The highest BCUT2D eigenvalue weighted by atomic mass is 35.5. The van der Waals surface area contributed by atoms with Crippen LogP contribution in [0.1, 0.15) is 17.5 Å². The minimum Gasteiger partial charge on any atom is -0.398 e. The van der Waals surface area contributed by atoms with E-state index in [9.17, 15) is 0 Å². The van der Waals surface area contributed by atoms with Gasteiger partial charge in [0, 0.05) is 5.69 Å². The number of hydrogen-bond donors (Lipinski definition) is 2. The van der Waals surface area contributed by atoms with Gasteiger partial charge in [0.25, 0.3) is 0 Å². The van der Waals surface area contributed by atoms with Crippen LogP contribution in [0.2, 0.25) is 5.02 Å². The molecule has 1 aromatic carbocycles. The first-order valence-electron chi connectivity index (χ1n) is 5.02. The molecule has 0 heterocycles. The fourth-order valence-corrected chi connectivity index (χ4v) is 1.52. The Morgan fingerprint density at radius 2 is 2.20 bits per heavy atom. The van der Waals surface area contributed by atoms with Crippen LogP contribution in [-0.2, 0) is 0 Å². The van der Waals surface area contributed by atoms with E-state index >= 15 is 0 Å². The predicted molar refractivity (Wildman–Crippen MR) is 68.2 cm³/mol. The van der Waals surface area contributed by atoms with Crippen LogP contribution in [0.3, 0.4) is 0 Å². The molecule has 0 saturated carbocycles. The molecule has 3 heteroatoms. The van der Waals surface area contributed by atoms with Gasteiger partial charge in [-0.05, 0) is 44.1 Å². The highest BCUT2D eigenvalue weighted by Crippen LogP contribution is 2.26. The van der Waals surface area contributed by atoms with Gasteiger partial charge in [0.1, 0.15) is 0 Å². The first kappa shape index (κ1) is 12.1. The zero-order chi connectivity index (χ0) is 11.3. The maximum atomic E-state index is 6.16. The summed E-state index contributed by atoms with van der Waals surface area (Å²) in [6, 6.07) is 3.83. The number of hydrogen-bond acceptors (Lipinski definition) is 2. The van der Waals surface area contributed by atoms with Gasteiger partial charge in [-0.25, -0.2) is 0 Å². The Bertz CT molecular complexity index is 359. The first-order chi connectivity index (χ1) is 7.16. The van der Waals surface area contributed by atoms with Gasteiger partial charge in [-0.15, -0.1) is 0 Å². The number of nitrogen functional groups attached to an aromatic ring is 1. The van der Waals surface area contributed by atoms with Gasteiger partial charge >= 0.3 is 0 Å². The summed E-state index contributed by atoms with van der Waals surface area (Å²) >= 11 is 6.16. The quantitative estimate of drug-likeness (QED) is 0.610. The zero-order valence-corrected chi connectivity index (χ0v) is 9.93. The lowest BCUT2D eigenvalue weighted by atomic mass is 10.1. The standard InChI is InChI=1S/C12H17ClN2/c1-9-11(14)7-6-10(12(9)13)5-3-4-8-15-2/h3,5-7,15H,4,8,14H2,1-2H3. The second-order valence-electron chi connectivity index (χ2n) is 3.48. The molecule has 0 aliphatic heterocycles. The molecule has 0 spiro atoms. The number of anilines is 1. The summed E-state index contributed by atoms with van der Waals surface area (Å²) in [6.45, 7) is 2.91. The third-order valence-corrected chi connectivity index (χ3v) is 2.82. The van der Waals surface area contributed by atoms with E-state index in [1.165, 1.54) is 0 Å². The smallest absolute Gasteiger partial charge is 0.0527 e. The largest absolute Gasteiger partial charge is 0.398 e. The van der Waals surface area contributed by atoms with E-state index in [2.05, 4.69) is 11.4 Å². The Kier molecular flexibility index (Phi) is 4.66. The summed E-state index contributed by atoms with van der Waals surface area (Å²) in [5.41, 5.74) is 8.47. The molecule has 1 aromatic rings. The van der Waals surface area contributed by atoms with Crippen molar-refractivity contribution in [3.05, 3.63) is 34.4 Å². The normalized spacial score (nSPS) is 11.1. The molecule has 0 unspecified atom stereocenters. The van der Waals surface area contributed by atoms with Crippen molar-refractivity contribution in [2.75, 3.05) is 19.3 Å². The van der Waals surface area contributed by atoms with Crippen molar-refractivity contribution in [1.29, 1.82) is 0 Å². The van der Waals surface area contributed by atoms with E-state index < -0.39 is 0 Å². The van der Waals surface area contributed by atoms with E-state index in [1.807, 2.05) is 32.2 Å². The molecule has 0 fully saturated rings. The number of halogens is 1. The van der Waals surface area contributed by atoms with Gasteiger partial charge in [-0.2, -0.15) is 0 Å². The van der Waals surface area contributed by atoms with Crippen LogP contribution < -0.4 is 11.1 Å². The van der Waals surface area contributed by atoms with Crippen LogP contribution in [0.5, 0.6) is 0 Å². The SMILES string of the molecule is CNCCC=Cc1ccc(N)c(C)c1Cl. The molecule has 0 radical (unpaired) electrons. The number of benzene rings is 1. The number of nitrogens with two attached hydrogens (primary N) is 1. The van der Waals surface area contributed by atoms with Crippen LogP contribution in [0.4, 0.5) is 5.69 Å². The van der Waals surface area contributed by atoms with Crippen LogP contribution in [0, 0.1) is 6.92 Å². The third kappa shape index (κ3) is 3.26. The lowest BCUT2D eigenvalue weighted by Gasteiger charge is -2.05. The molecule has 3 N–H and O–H groups in total. The minimum atomic E-state index is 0.743. The third-order valence-electron chi connectivity index (χ3n) is 2.32. The summed E-state index contributed by atoms with van der Waals surface area (Å²) in [4.78, 5) is 0. The lowest BCUT2D eigenvalue weighted by molar-refractivity contribution is 0.809. The van der Waals surface area contributed by atoms with Gasteiger partial charge in [0.05, 0.1) is 5.02 Å². The van der Waals surface area contributed by atoms with Gasteiger partial charge in [-0.3, -0.25) is 0 Å². The lowest BCUT2D eigenvalue weighted by Crippen LogP contribution is -2.05. The van der Waals surface area contributed by atoms with Crippen LogP contribution >= 0.6 is 11.6 Å². The first-order valence-corrected chi connectivity index (χ1v) is 5.40. The molecular weight excluding hydrogens is 208 g/mol. The molecule has 0 atom stereocenters. The Balaban J connectivity index is 2.78. The summed E-state index contributed by atoms with van der Waals surface area (Å²) in [6.07, 6.45) is 5.13. The van der Waals surface area contributed by atoms with Crippen LogP contribution in [-0.4, -0.2) is 13.6 Å². The van der Waals surface area contributed by atoms with Crippen molar-refractivity contribution in [3.8, 4) is 0 Å². The maximum Gasteiger partial charge on any atom is 0.0527 e. The van der Waals surface area contributed by atoms with E-state index in [0.29, 0.717) is 0 Å². The van der Waals surface area contributed by atoms with Crippen molar-refractivity contribution < 1.29 is 0 Å². The molecular formula is C12H17ClN2. The average Bonchev–Trinajstić information content (AvgIpc) is 2.24. The Labute approximate surface area is 96.1 Å². The topological polar surface area (TPSA) is 38.0 Å². The Hall–Kier alpha value is -0.990. The van der Waals surface area contributed by atoms with E-state index in [4.69, 9.17) is 17.3 Å². The fraction of sp³-hybridized carbons (Fsp3) is 0.333. The van der Waals surface area contributed by atoms with Gasteiger partial charge in [0.15, 0.2) is 0 Å². The average molecular weight is 225 g/mol.